The Balaban J connectivity index is 1.53. The van der Waals surface area contributed by atoms with E-state index in [1.54, 1.807) is 22.3 Å². The highest BCUT2D eigenvalue weighted by molar-refractivity contribution is 7.14. The maximum absolute atomic E-state index is 2.69. The van der Waals surface area contributed by atoms with Crippen LogP contribution in [0.3, 0.4) is 0 Å². The molecule has 0 bridgehead atoms. The average molecular weight is 723 g/mol. The molecule has 2 aromatic heterocycles. The third kappa shape index (κ3) is 10.5. The lowest BCUT2D eigenvalue weighted by atomic mass is 9.70. The first-order chi connectivity index (χ1) is 25.2. The van der Waals surface area contributed by atoms with E-state index in [0.717, 1.165) is 0 Å². The molecule has 278 valence electrons. The van der Waals surface area contributed by atoms with Crippen LogP contribution in [0.1, 0.15) is 191 Å². The van der Waals surface area contributed by atoms with Gasteiger partial charge in [0.15, 0.2) is 0 Å². The van der Waals surface area contributed by atoms with Gasteiger partial charge in [0, 0.05) is 15.2 Å². The minimum atomic E-state index is 0.100. The van der Waals surface area contributed by atoms with E-state index < -0.39 is 0 Å². The van der Waals surface area contributed by atoms with Gasteiger partial charge in [-0.15, -0.1) is 22.7 Å². The summed E-state index contributed by atoms with van der Waals surface area (Å²) in [4.78, 5) is 3.04. The van der Waals surface area contributed by atoms with E-state index in [2.05, 4.69) is 87.0 Å². The molecule has 1 aliphatic carbocycles. The van der Waals surface area contributed by atoms with Crippen LogP contribution in [0.2, 0.25) is 0 Å². The summed E-state index contributed by atoms with van der Waals surface area (Å²) < 4.78 is 0. The molecule has 0 N–H and O–H groups in total. The Morgan fingerprint density at radius 1 is 0.412 bits per heavy atom. The second-order valence-corrected chi connectivity index (χ2v) is 17.6. The second kappa shape index (κ2) is 21.5. The fraction of sp³-hybridized carbons (Fsp3) is 0.592. The highest BCUT2D eigenvalue weighted by Crippen LogP contribution is 2.56. The monoisotopic (exact) mass is 722 g/mol. The Labute approximate surface area is 321 Å². The summed E-state index contributed by atoms with van der Waals surface area (Å²) in [6, 6.07) is 20.2. The first-order valence-electron chi connectivity index (χ1n) is 21.6. The molecule has 0 aliphatic heterocycles. The summed E-state index contributed by atoms with van der Waals surface area (Å²) in [5.74, 6) is 0. The van der Waals surface area contributed by atoms with Gasteiger partial charge >= 0.3 is 0 Å². The number of hydrogen-bond donors (Lipinski definition) is 0. The Hall–Kier alpha value is -2.16. The predicted molar refractivity (Wildman–Crippen MR) is 231 cm³/mol. The fourth-order valence-electron chi connectivity index (χ4n) is 8.91. The molecule has 0 fully saturated rings. The highest BCUT2D eigenvalue weighted by Gasteiger charge is 2.42. The van der Waals surface area contributed by atoms with Crippen LogP contribution in [0.25, 0.3) is 32.0 Å². The SMILES string of the molecule is CCCCCCCCC1(CCCCCCCC)c2cc(-c3sccc3CCCCCC)ccc2-c2ccc(-c3sccc3CCCCCC)cc21. The average Bonchev–Trinajstić information content (AvgIpc) is 3.89. The van der Waals surface area contributed by atoms with Gasteiger partial charge in [0.05, 0.1) is 0 Å². The van der Waals surface area contributed by atoms with Gasteiger partial charge in [-0.3, -0.25) is 0 Å². The number of benzene rings is 2. The van der Waals surface area contributed by atoms with Crippen LogP contribution in [-0.2, 0) is 18.3 Å². The lowest BCUT2D eigenvalue weighted by Gasteiger charge is -2.33. The number of unbranched alkanes of at least 4 members (excludes halogenated alkanes) is 16. The first kappa shape index (κ1) is 40.0. The van der Waals surface area contributed by atoms with E-state index in [1.165, 1.54) is 186 Å². The van der Waals surface area contributed by atoms with Gasteiger partial charge in [-0.05, 0) is 118 Å². The zero-order chi connectivity index (χ0) is 35.7. The minimum absolute atomic E-state index is 0.100. The quantitative estimate of drug-likeness (QED) is 0.0566. The van der Waals surface area contributed by atoms with Crippen LogP contribution in [0, 0.1) is 0 Å². The molecular weight excluding hydrogens is 653 g/mol. The van der Waals surface area contributed by atoms with Crippen molar-refractivity contribution in [2.45, 2.75) is 187 Å². The molecule has 0 saturated carbocycles. The van der Waals surface area contributed by atoms with Gasteiger partial charge < -0.3 is 0 Å². The summed E-state index contributed by atoms with van der Waals surface area (Å²) in [7, 11) is 0. The fourth-order valence-corrected chi connectivity index (χ4v) is 10.8. The predicted octanol–water partition coefficient (Wildman–Crippen LogP) is 17.2. The summed E-state index contributed by atoms with van der Waals surface area (Å²) in [5.41, 5.74) is 12.5. The standard InChI is InChI=1S/C49H70S2/c1-5-9-13-17-19-23-33-49(34-24-20-18-14-10-6-2)45-37-41(47-39(31-35-50-47)25-21-15-11-7-3)27-29-43(45)44-30-28-42(38-46(44)49)48-40(32-36-51-48)26-22-16-12-8-4/h27-32,35-38H,5-26,33-34H2,1-4H3. The smallest absolute Gasteiger partial charge is 0.0374 e. The number of hydrogen-bond acceptors (Lipinski definition) is 2. The summed E-state index contributed by atoms with van der Waals surface area (Å²) in [6.45, 7) is 9.31. The van der Waals surface area contributed by atoms with Crippen LogP contribution in [0.4, 0.5) is 0 Å². The van der Waals surface area contributed by atoms with Crippen molar-refractivity contribution in [1.29, 1.82) is 0 Å². The first-order valence-corrected chi connectivity index (χ1v) is 23.4. The molecule has 2 heterocycles. The maximum atomic E-state index is 2.69. The van der Waals surface area contributed by atoms with Crippen molar-refractivity contribution < 1.29 is 0 Å². The summed E-state index contributed by atoms with van der Waals surface area (Å²) in [5, 5.41) is 4.69. The third-order valence-electron chi connectivity index (χ3n) is 11.9. The molecule has 0 nitrogen and oxygen atoms in total. The van der Waals surface area contributed by atoms with Crippen molar-refractivity contribution in [3.8, 4) is 32.0 Å². The highest BCUT2D eigenvalue weighted by atomic mass is 32.1. The van der Waals surface area contributed by atoms with Crippen LogP contribution < -0.4 is 0 Å². The van der Waals surface area contributed by atoms with Gasteiger partial charge in [-0.1, -0.05) is 168 Å². The van der Waals surface area contributed by atoms with Crippen LogP contribution in [0.5, 0.6) is 0 Å². The number of aryl methyl sites for hydroxylation is 2. The number of rotatable bonds is 26. The molecule has 0 unspecified atom stereocenters. The van der Waals surface area contributed by atoms with Crippen LogP contribution >= 0.6 is 22.7 Å². The van der Waals surface area contributed by atoms with E-state index in [1.807, 2.05) is 22.7 Å². The van der Waals surface area contributed by atoms with Gasteiger partial charge in [-0.2, -0.15) is 0 Å². The second-order valence-electron chi connectivity index (χ2n) is 15.8. The van der Waals surface area contributed by atoms with Crippen molar-refractivity contribution in [3.05, 3.63) is 81.5 Å². The van der Waals surface area contributed by atoms with Crippen LogP contribution in [0.15, 0.2) is 59.3 Å². The van der Waals surface area contributed by atoms with Crippen molar-refractivity contribution in [1.82, 2.24) is 0 Å². The Bertz CT molecular complexity index is 1450. The zero-order valence-corrected chi connectivity index (χ0v) is 34.7. The number of thiophene rings is 2. The molecular formula is C49H70S2. The maximum Gasteiger partial charge on any atom is 0.0374 e. The molecule has 0 radical (unpaired) electrons. The summed E-state index contributed by atoms with van der Waals surface area (Å²) in [6.07, 6.45) is 31.9. The third-order valence-corrected chi connectivity index (χ3v) is 13.9. The molecule has 4 aromatic rings. The topological polar surface area (TPSA) is 0 Å². The molecule has 2 heteroatoms. The van der Waals surface area contributed by atoms with Gasteiger partial charge in [-0.25, -0.2) is 0 Å². The van der Waals surface area contributed by atoms with Crippen molar-refractivity contribution in [2.75, 3.05) is 0 Å². The molecule has 0 amide bonds. The van der Waals surface area contributed by atoms with E-state index >= 15 is 0 Å². The Morgan fingerprint density at radius 3 is 1.20 bits per heavy atom. The molecule has 0 saturated heterocycles. The van der Waals surface area contributed by atoms with Gasteiger partial charge in [0.2, 0.25) is 0 Å². The van der Waals surface area contributed by atoms with E-state index in [-0.39, 0.29) is 5.41 Å². The lowest BCUT2D eigenvalue weighted by molar-refractivity contribution is 0.398. The normalized spacial score (nSPS) is 13.2. The van der Waals surface area contributed by atoms with Gasteiger partial charge in [0.25, 0.3) is 0 Å². The molecule has 1 aliphatic rings. The lowest BCUT2D eigenvalue weighted by Crippen LogP contribution is -2.25. The largest absolute Gasteiger partial charge is 0.144 e. The van der Waals surface area contributed by atoms with Crippen molar-refractivity contribution in [2.24, 2.45) is 0 Å². The summed E-state index contributed by atoms with van der Waals surface area (Å²) >= 11 is 3.93. The molecule has 0 spiro atoms. The molecule has 0 atom stereocenters. The minimum Gasteiger partial charge on any atom is -0.144 e. The van der Waals surface area contributed by atoms with E-state index in [4.69, 9.17) is 0 Å². The van der Waals surface area contributed by atoms with E-state index in [0.29, 0.717) is 0 Å². The van der Waals surface area contributed by atoms with Crippen molar-refractivity contribution >= 4 is 22.7 Å². The van der Waals surface area contributed by atoms with E-state index in [9.17, 15) is 0 Å². The Kier molecular flexibility index (Phi) is 16.9. The van der Waals surface area contributed by atoms with Crippen molar-refractivity contribution in [3.63, 3.8) is 0 Å². The van der Waals surface area contributed by atoms with Crippen LogP contribution in [-0.4, -0.2) is 0 Å². The number of fused-ring (bicyclic) bond motifs is 3. The molecule has 2 aromatic carbocycles. The Morgan fingerprint density at radius 2 is 0.784 bits per heavy atom. The zero-order valence-electron chi connectivity index (χ0n) is 33.1. The molecule has 5 rings (SSSR count). The molecule has 51 heavy (non-hydrogen) atoms. The van der Waals surface area contributed by atoms with Gasteiger partial charge in [0.1, 0.15) is 0 Å².